The van der Waals surface area contributed by atoms with Gasteiger partial charge in [0.1, 0.15) is 5.75 Å². The van der Waals surface area contributed by atoms with Gasteiger partial charge in [-0.2, -0.15) is 0 Å². The fraction of sp³-hybridized carbons (Fsp3) is 0.333. The molecule has 0 unspecified atom stereocenters. The van der Waals surface area contributed by atoms with Crippen molar-refractivity contribution in [3.63, 3.8) is 0 Å². The molecule has 0 radical (unpaired) electrons. The molecule has 2 aromatic rings. The van der Waals surface area contributed by atoms with E-state index in [0.717, 1.165) is 30.0 Å². The van der Waals surface area contributed by atoms with Crippen LogP contribution in [-0.4, -0.2) is 16.5 Å². The molecule has 1 aromatic heterocycles. The number of nitrogens with one attached hydrogen (secondary N) is 1. The summed E-state index contributed by atoms with van der Waals surface area (Å²) in [6.07, 6.45) is 3.58. The molecule has 0 amide bonds. The molecule has 0 atom stereocenters. The van der Waals surface area contributed by atoms with Crippen LogP contribution in [0.4, 0.5) is 0 Å². The number of hydrogen-bond acceptors (Lipinski definition) is 4. The van der Waals surface area contributed by atoms with Crippen molar-refractivity contribution in [1.29, 1.82) is 0 Å². The second-order valence-electron chi connectivity index (χ2n) is 4.45. The molecule has 0 fully saturated rings. The Morgan fingerprint density at radius 3 is 2.58 bits per heavy atom. The van der Waals surface area contributed by atoms with Crippen LogP contribution in [0.3, 0.4) is 0 Å². The summed E-state index contributed by atoms with van der Waals surface area (Å²) in [4.78, 5) is 8.45. The van der Waals surface area contributed by atoms with Crippen LogP contribution in [0.5, 0.6) is 11.8 Å². The molecule has 1 aromatic carbocycles. The average molecular weight is 257 g/mol. The van der Waals surface area contributed by atoms with Gasteiger partial charge in [0, 0.05) is 24.5 Å². The summed E-state index contributed by atoms with van der Waals surface area (Å²) in [6.45, 7) is 7.87. The lowest BCUT2D eigenvalue weighted by Gasteiger charge is -2.09. The van der Waals surface area contributed by atoms with E-state index >= 15 is 0 Å². The van der Waals surface area contributed by atoms with E-state index in [0.29, 0.717) is 6.01 Å². The minimum Gasteiger partial charge on any atom is -0.424 e. The van der Waals surface area contributed by atoms with Gasteiger partial charge in [0.2, 0.25) is 0 Å². The van der Waals surface area contributed by atoms with Gasteiger partial charge in [-0.05, 0) is 37.6 Å². The van der Waals surface area contributed by atoms with Crippen molar-refractivity contribution in [3.8, 4) is 11.8 Å². The van der Waals surface area contributed by atoms with E-state index in [2.05, 4.69) is 35.2 Å². The smallest absolute Gasteiger partial charge is 0.321 e. The van der Waals surface area contributed by atoms with Crippen LogP contribution in [-0.2, 0) is 6.54 Å². The van der Waals surface area contributed by atoms with Gasteiger partial charge in [-0.3, -0.25) is 0 Å². The zero-order valence-corrected chi connectivity index (χ0v) is 11.6. The van der Waals surface area contributed by atoms with E-state index in [9.17, 15) is 0 Å². The molecule has 0 aliphatic heterocycles. The Hall–Kier alpha value is -1.94. The highest BCUT2D eigenvalue weighted by atomic mass is 16.5. The zero-order chi connectivity index (χ0) is 13.7. The largest absolute Gasteiger partial charge is 0.424 e. The first kappa shape index (κ1) is 13.5. The van der Waals surface area contributed by atoms with Gasteiger partial charge in [0.25, 0.3) is 0 Å². The van der Waals surface area contributed by atoms with Crippen LogP contribution in [0, 0.1) is 13.8 Å². The van der Waals surface area contributed by atoms with Crippen LogP contribution in [0.25, 0.3) is 0 Å². The van der Waals surface area contributed by atoms with Crippen LogP contribution in [0.1, 0.15) is 23.6 Å². The summed E-state index contributed by atoms with van der Waals surface area (Å²) in [5, 5.41) is 3.23. The molecule has 0 aliphatic carbocycles. The Bertz CT molecular complexity index is 538. The van der Waals surface area contributed by atoms with E-state index in [1.807, 2.05) is 19.1 Å². The van der Waals surface area contributed by atoms with E-state index < -0.39 is 0 Å². The standard InChI is InChI=1S/C15H19N3O/c1-4-16-8-13-9-17-15(18-10-13)19-14-7-5-6-11(2)12(14)3/h5-7,9-10,16H,4,8H2,1-3H3. The molecular formula is C15H19N3O. The van der Waals surface area contributed by atoms with E-state index in [1.54, 1.807) is 12.4 Å². The minimum absolute atomic E-state index is 0.383. The summed E-state index contributed by atoms with van der Waals surface area (Å²) in [6, 6.07) is 6.34. The van der Waals surface area contributed by atoms with Gasteiger partial charge in [-0.25, -0.2) is 9.97 Å². The first-order valence-corrected chi connectivity index (χ1v) is 6.46. The summed E-state index contributed by atoms with van der Waals surface area (Å²) < 4.78 is 5.71. The van der Waals surface area contributed by atoms with Gasteiger partial charge in [0.15, 0.2) is 0 Å². The lowest BCUT2D eigenvalue weighted by molar-refractivity contribution is 0.437. The van der Waals surface area contributed by atoms with Crippen molar-refractivity contribution in [2.24, 2.45) is 0 Å². The number of ether oxygens (including phenoxy) is 1. The quantitative estimate of drug-likeness (QED) is 0.894. The highest BCUT2D eigenvalue weighted by molar-refractivity contribution is 5.39. The van der Waals surface area contributed by atoms with Crippen molar-refractivity contribution < 1.29 is 4.74 Å². The van der Waals surface area contributed by atoms with Gasteiger partial charge in [0.05, 0.1) is 0 Å². The number of nitrogens with zero attached hydrogens (tertiary/aromatic N) is 2. The number of aryl methyl sites for hydroxylation is 1. The summed E-state index contributed by atoms with van der Waals surface area (Å²) in [5.41, 5.74) is 3.36. The maximum absolute atomic E-state index is 5.71. The Balaban J connectivity index is 2.09. The molecule has 0 aliphatic rings. The van der Waals surface area contributed by atoms with Crippen molar-refractivity contribution in [1.82, 2.24) is 15.3 Å². The molecule has 4 heteroatoms. The normalized spacial score (nSPS) is 10.5. The number of rotatable bonds is 5. The predicted octanol–water partition coefficient (Wildman–Crippen LogP) is 3.00. The number of hydrogen-bond donors (Lipinski definition) is 1. The van der Waals surface area contributed by atoms with Crippen LogP contribution < -0.4 is 10.1 Å². The fourth-order valence-electron chi connectivity index (χ4n) is 1.69. The third kappa shape index (κ3) is 3.51. The summed E-state index contributed by atoms with van der Waals surface area (Å²) >= 11 is 0. The molecule has 0 bridgehead atoms. The summed E-state index contributed by atoms with van der Waals surface area (Å²) in [7, 11) is 0. The topological polar surface area (TPSA) is 47.0 Å². The minimum atomic E-state index is 0.383. The second kappa shape index (κ2) is 6.29. The lowest BCUT2D eigenvalue weighted by Crippen LogP contribution is -2.12. The first-order valence-electron chi connectivity index (χ1n) is 6.46. The first-order chi connectivity index (χ1) is 9.20. The molecule has 2 rings (SSSR count). The van der Waals surface area contributed by atoms with E-state index in [1.165, 1.54) is 5.56 Å². The average Bonchev–Trinajstić information content (AvgIpc) is 2.43. The molecule has 0 saturated heterocycles. The van der Waals surface area contributed by atoms with Crippen LogP contribution >= 0.6 is 0 Å². The Morgan fingerprint density at radius 1 is 1.16 bits per heavy atom. The number of benzene rings is 1. The molecular weight excluding hydrogens is 238 g/mol. The maximum Gasteiger partial charge on any atom is 0.321 e. The van der Waals surface area contributed by atoms with Gasteiger partial charge in [-0.1, -0.05) is 19.1 Å². The molecule has 19 heavy (non-hydrogen) atoms. The fourth-order valence-corrected chi connectivity index (χ4v) is 1.69. The SMILES string of the molecule is CCNCc1cnc(Oc2cccc(C)c2C)nc1. The maximum atomic E-state index is 5.71. The third-order valence-electron chi connectivity index (χ3n) is 3.02. The Morgan fingerprint density at radius 2 is 1.89 bits per heavy atom. The molecule has 1 N–H and O–H groups in total. The van der Waals surface area contributed by atoms with E-state index in [4.69, 9.17) is 4.74 Å². The van der Waals surface area contributed by atoms with Crippen molar-refractivity contribution in [2.45, 2.75) is 27.3 Å². The molecule has 0 spiro atoms. The van der Waals surface area contributed by atoms with Crippen LogP contribution in [0.15, 0.2) is 30.6 Å². The third-order valence-corrected chi connectivity index (χ3v) is 3.02. The zero-order valence-electron chi connectivity index (χ0n) is 11.6. The Labute approximate surface area is 113 Å². The lowest BCUT2D eigenvalue weighted by atomic mass is 10.1. The highest BCUT2D eigenvalue weighted by Gasteiger charge is 2.05. The predicted molar refractivity (Wildman–Crippen MR) is 75.4 cm³/mol. The monoisotopic (exact) mass is 257 g/mol. The van der Waals surface area contributed by atoms with Crippen molar-refractivity contribution in [3.05, 3.63) is 47.3 Å². The highest BCUT2D eigenvalue weighted by Crippen LogP contribution is 2.24. The Kier molecular flexibility index (Phi) is 4.47. The van der Waals surface area contributed by atoms with E-state index in [-0.39, 0.29) is 0 Å². The number of aromatic nitrogens is 2. The van der Waals surface area contributed by atoms with Gasteiger partial charge in [-0.15, -0.1) is 0 Å². The van der Waals surface area contributed by atoms with Gasteiger partial charge >= 0.3 is 6.01 Å². The molecule has 100 valence electrons. The van der Waals surface area contributed by atoms with Crippen LogP contribution in [0.2, 0.25) is 0 Å². The van der Waals surface area contributed by atoms with Crippen molar-refractivity contribution >= 4 is 0 Å². The van der Waals surface area contributed by atoms with Gasteiger partial charge < -0.3 is 10.1 Å². The molecule has 0 saturated carbocycles. The second-order valence-corrected chi connectivity index (χ2v) is 4.45. The van der Waals surface area contributed by atoms with Crippen molar-refractivity contribution in [2.75, 3.05) is 6.54 Å². The molecule has 4 nitrogen and oxygen atoms in total. The summed E-state index contributed by atoms with van der Waals surface area (Å²) in [5.74, 6) is 0.805. The molecule has 1 heterocycles.